The van der Waals surface area contributed by atoms with Crippen LogP contribution < -0.4 is 14.9 Å². The van der Waals surface area contributed by atoms with Gasteiger partial charge in [0.15, 0.2) is 0 Å². The number of carbonyl (C=O) groups excluding carboxylic acids is 2. The van der Waals surface area contributed by atoms with E-state index in [9.17, 15) is 19.8 Å². The first kappa shape index (κ1) is 14.0. The summed E-state index contributed by atoms with van der Waals surface area (Å²) in [5, 5.41) is 21.8. The molecular weight excluding hydrogens is 236 g/mol. The van der Waals surface area contributed by atoms with E-state index in [1.807, 2.05) is 6.92 Å². The largest absolute Gasteiger partial charge is 0.550 e. The average Bonchev–Trinajstić information content (AvgIpc) is 2.29. The quantitative estimate of drug-likeness (QED) is 0.661. The fourth-order valence-corrected chi connectivity index (χ4v) is 1.67. The van der Waals surface area contributed by atoms with Gasteiger partial charge >= 0.3 is 0 Å². The van der Waals surface area contributed by atoms with Gasteiger partial charge in [-0.2, -0.15) is 0 Å². The maximum atomic E-state index is 11.1. The third-order valence-corrected chi connectivity index (χ3v) is 2.75. The lowest BCUT2D eigenvalue weighted by Crippen LogP contribution is -2.47. The molecule has 5 nitrogen and oxygen atoms in total. The Kier molecular flexibility index (Phi) is 4.31. The highest BCUT2D eigenvalue weighted by molar-refractivity contribution is 5.84. The van der Waals surface area contributed by atoms with Crippen molar-refractivity contribution in [3.63, 3.8) is 0 Å². The summed E-state index contributed by atoms with van der Waals surface area (Å²) in [6, 6.07) is 6.22. The minimum absolute atomic E-state index is 0.343. The SMILES string of the molecule is CCOc1ccc([C@](C)(CC(=O)[O-])C(=O)[O-])cc1. The summed E-state index contributed by atoms with van der Waals surface area (Å²) < 4.78 is 5.22. The molecule has 0 fully saturated rings. The van der Waals surface area contributed by atoms with E-state index in [0.29, 0.717) is 17.9 Å². The number of benzene rings is 1. The Morgan fingerprint density at radius 1 is 1.22 bits per heavy atom. The summed E-state index contributed by atoms with van der Waals surface area (Å²) in [4.78, 5) is 21.8. The van der Waals surface area contributed by atoms with Crippen LogP contribution in [0.3, 0.4) is 0 Å². The molecule has 0 spiro atoms. The fraction of sp³-hybridized carbons (Fsp3) is 0.385. The number of carbonyl (C=O) groups is 2. The molecule has 1 aromatic carbocycles. The first-order valence-corrected chi connectivity index (χ1v) is 5.54. The molecule has 5 heteroatoms. The van der Waals surface area contributed by atoms with E-state index in [0.717, 1.165) is 0 Å². The Morgan fingerprint density at radius 3 is 2.17 bits per heavy atom. The van der Waals surface area contributed by atoms with Crippen molar-refractivity contribution in [2.24, 2.45) is 0 Å². The number of carboxylic acids is 2. The maximum absolute atomic E-state index is 11.1. The van der Waals surface area contributed by atoms with E-state index < -0.39 is 23.8 Å². The van der Waals surface area contributed by atoms with Crippen LogP contribution >= 0.6 is 0 Å². The summed E-state index contributed by atoms with van der Waals surface area (Å²) in [6.07, 6.45) is -0.636. The van der Waals surface area contributed by atoms with E-state index in [1.165, 1.54) is 19.1 Å². The number of carboxylic acid groups (broad SMARTS) is 2. The number of hydrogen-bond acceptors (Lipinski definition) is 5. The first-order valence-electron chi connectivity index (χ1n) is 5.54. The number of aliphatic carboxylic acids is 2. The summed E-state index contributed by atoms with van der Waals surface area (Å²) in [5.41, 5.74) is -1.26. The second-order valence-electron chi connectivity index (χ2n) is 4.13. The summed E-state index contributed by atoms with van der Waals surface area (Å²) >= 11 is 0. The zero-order valence-corrected chi connectivity index (χ0v) is 10.3. The zero-order valence-electron chi connectivity index (χ0n) is 10.3. The molecule has 98 valence electrons. The van der Waals surface area contributed by atoms with Crippen LogP contribution in [-0.4, -0.2) is 18.5 Å². The normalized spacial score (nSPS) is 13.7. The molecule has 0 aliphatic heterocycles. The fourth-order valence-electron chi connectivity index (χ4n) is 1.67. The zero-order chi connectivity index (χ0) is 13.8. The third kappa shape index (κ3) is 3.00. The van der Waals surface area contributed by atoms with Crippen LogP contribution in [0.4, 0.5) is 0 Å². The molecule has 0 aromatic heterocycles. The molecule has 1 aromatic rings. The van der Waals surface area contributed by atoms with Crippen LogP contribution in [0, 0.1) is 0 Å². The highest BCUT2D eigenvalue weighted by Crippen LogP contribution is 2.28. The van der Waals surface area contributed by atoms with Gasteiger partial charge in [0.05, 0.1) is 12.6 Å². The van der Waals surface area contributed by atoms with E-state index in [4.69, 9.17) is 4.74 Å². The molecule has 0 amide bonds. The molecule has 0 saturated heterocycles. The molecule has 0 heterocycles. The minimum atomic E-state index is -1.61. The van der Waals surface area contributed by atoms with Gasteiger partial charge < -0.3 is 24.5 Å². The number of hydrogen-bond donors (Lipinski definition) is 0. The van der Waals surface area contributed by atoms with Crippen molar-refractivity contribution >= 4 is 11.9 Å². The van der Waals surface area contributed by atoms with Crippen LogP contribution in [-0.2, 0) is 15.0 Å². The van der Waals surface area contributed by atoms with Crippen LogP contribution in [0.1, 0.15) is 25.8 Å². The van der Waals surface area contributed by atoms with E-state index >= 15 is 0 Å². The smallest absolute Gasteiger partial charge is 0.119 e. The summed E-state index contributed by atoms with van der Waals surface area (Å²) in [5.74, 6) is -2.29. The Hall–Kier alpha value is -2.04. The van der Waals surface area contributed by atoms with Gasteiger partial charge in [-0.25, -0.2) is 0 Å². The first-order chi connectivity index (χ1) is 8.40. The summed E-state index contributed by atoms with van der Waals surface area (Å²) in [6.45, 7) is 3.62. The Morgan fingerprint density at radius 2 is 1.78 bits per heavy atom. The van der Waals surface area contributed by atoms with Crippen LogP contribution in [0.15, 0.2) is 24.3 Å². The molecule has 0 aliphatic carbocycles. The Bertz CT molecular complexity index is 437. The molecule has 1 rings (SSSR count). The lowest BCUT2D eigenvalue weighted by molar-refractivity contribution is -0.322. The Balaban J connectivity index is 3.06. The maximum Gasteiger partial charge on any atom is 0.119 e. The van der Waals surface area contributed by atoms with Crippen molar-refractivity contribution in [3.8, 4) is 5.75 Å². The van der Waals surface area contributed by atoms with Crippen LogP contribution in [0.2, 0.25) is 0 Å². The molecule has 0 aliphatic rings. The molecule has 1 atom stereocenters. The van der Waals surface area contributed by atoms with Crippen LogP contribution in [0.25, 0.3) is 0 Å². The van der Waals surface area contributed by atoms with Gasteiger partial charge in [-0.15, -0.1) is 0 Å². The minimum Gasteiger partial charge on any atom is -0.550 e. The molecule has 0 bridgehead atoms. The van der Waals surface area contributed by atoms with Gasteiger partial charge in [0.1, 0.15) is 5.75 Å². The van der Waals surface area contributed by atoms with E-state index in [1.54, 1.807) is 12.1 Å². The topological polar surface area (TPSA) is 89.5 Å². The van der Waals surface area contributed by atoms with Gasteiger partial charge in [0.2, 0.25) is 0 Å². The average molecular weight is 250 g/mol. The van der Waals surface area contributed by atoms with Gasteiger partial charge in [-0.1, -0.05) is 12.1 Å². The number of rotatable bonds is 6. The highest BCUT2D eigenvalue weighted by atomic mass is 16.5. The molecular formula is C13H14O5-2. The van der Waals surface area contributed by atoms with E-state index in [-0.39, 0.29) is 0 Å². The second kappa shape index (κ2) is 5.53. The van der Waals surface area contributed by atoms with Crippen molar-refractivity contribution in [1.82, 2.24) is 0 Å². The van der Waals surface area contributed by atoms with Gasteiger partial charge in [-0.3, -0.25) is 0 Å². The molecule has 0 unspecified atom stereocenters. The lowest BCUT2D eigenvalue weighted by atomic mass is 9.79. The van der Waals surface area contributed by atoms with E-state index in [2.05, 4.69) is 0 Å². The highest BCUT2D eigenvalue weighted by Gasteiger charge is 2.28. The van der Waals surface area contributed by atoms with Crippen LogP contribution in [0.5, 0.6) is 5.75 Å². The predicted octanol–water partition coefficient (Wildman–Crippen LogP) is -0.767. The third-order valence-electron chi connectivity index (χ3n) is 2.75. The predicted molar refractivity (Wildman–Crippen MR) is 59.6 cm³/mol. The van der Waals surface area contributed by atoms with Crippen molar-refractivity contribution in [1.29, 1.82) is 0 Å². The molecule has 0 saturated carbocycles. The van der Waals surface area contributed by atoms with Crippen molar-refractivity contribution in [2.75, 3.05) is 6.61 Å². The standard InChI is InChI=1S/C13H16O5/c1-3-18-10-6-4-9(5-7-10)13(2,12(16)17)8-11(14)15/h4-7H,3,8H2,1-2H3,(H,14,15)(H,16,17)/p-2/t13-/m0/s1. The Labute approximate surface area is 105 Å². The lowest BCUT2D eigenvalue weighted by Gasteiger charge is -2.31. The van der Waals surface area contributed by atoms with Gasteiger partial charge in [-0.05, 0) is 31.5 Å². The summed E-state index contributed by atoms with van der Waals surface area (Å²) in [7, 11) is 0. The van der Waals surface area contributed by atoms with Gasteiger partial charge in [0, 0.05) is 17.8 Å². The second-order valence-corrected chi connectivity index (χ2v) is 4.13. The van der Waals surface area contributed by atoms with Crippen molar-refractivity contribution in [3.05, 3.63) is 29.8 Å². The molecule has 0 radical (unpaired) electrons. The molecule has 18 heavy (non-hydrogen) atoms. The monoisotopic (exact) mass is 250 g/mol. The molecule has 0 N–H and O–H groups in total. The number of ether oxygens (including phenoxy) is 1. The van der Waals surface area contributed by atoms with Gasteiger partial charge in [0.25, 0.3) is 0 Å². The van der Waals surface area contributed by atoms with Crippen molar-refractivity contribution < 1.29 is 24.5 Å². The van der Waals surface area contributed by atoms with Crippen molar-refractivity contribution in [2.45, 2.75) is 25.7 Å².